The Balaban J connectivity index is 1.48. The van der Waals surface area contributed by atoms with Crippen LogP contribution in [0.1, 0.15) is 43.9 Å². The average Bonchev–Trinajstić information content (AvgIpc) is 3.26. The highest BCUT2D eigenvalue weighted by molar-refractivity contribution is 5.87. The number of fused-ring (bicyclic) bond motifs is 1. The molecule has 1 atom stereocenters. The van der Waals surface area contributed by atoms with Gasteiger partial charge in [0.2, 0.25) is 5.95 Å². The van der Waals surface area contributed by atoms with E-state index in [1.54, 1.807) is 13.4 Å². The number of anilines is 3. The number of piperidine rings is 1. The van der Waals surface area contributed by atoms with E-state index in [1.165, 1.54) is 11.1 Å². The minimum absolute atomic E-state index is 0.0489. The highest BCUT2D eigenvalue weighted by Gasteiger charge is 2.27. The Morgan fingerprint density at radius 1 is 1.11 bits per heavy atom. The van der Waals surface area contributed by atoms with Gasteiger partial charge in [-0.3, -0.25) is 4.98 Å². The van der Waals surface area contributed by atoms with Crippen molar-refractivity contribution in [3.05, 3.63) is 71.3 Å². The summed E-state index contributed by atoms with van der Waals surface area (Å²) in [7, 11) is 3.73. The fraction of sp³-hybridized carbons (Fsp3) is 0.379. The van der Waals surface area contributed by atoms with Gasteiger partial charge in [0.25, 0.3) is 0 Å². The quantitative estimate of drug-likeness (QED) is 0.394. The van der Waals surface area contributed by atoms with Crippen molar-refractivity contribution in [3.63, 3.8) is 0 Å². The summed E-state index contributed by atoms with van der Waals surface area (Å²) in [6.07, 6.45) is 8.43. The van der Waals surface area contributed by atoms with Crippen molar-refractivity contribution in [2.75, 3.05) is 30.4 Å². The Morgan fingerprint density at radius 3 is 2.62 bits per heavy atom. The summed E-state index contributed by atoms with van der Waals surface area (Å²) in [6, 6.07) is 10.6. The molecule has 0 radical (unpaired) electrons. The number of benzene rings is 1. The normalized spacial score (nSPS) is 17.5. The molecule has 0 spiro atoms. The maximum absolute atomic E-state index is 5.89. The zero-order valence-corrected chi connectivity index (χ0v) is 22.5. The second-order valence-corrected chi connectivity index (χ2v) is 10.7. The van der Waals surface area contributed by atoms with Gasteiger partial charge in [0, 0.05) is 38.8 Å². The SMILES string of the molecule is COC1CN(c2nc(Nc3cc(C(C)(C)C)ccc3C)c3c(ncn3C)n2)CC/C1=C\c1ccncc1. The highest BCUT2D eigenvalue weighted by Crippen LogP contribution is 2.32. The van der Waals surface area contributed by atoms with E-state index in [1.807, 2.05) is 36.1 Å². The maximum atomic E-state index is 5.89. The second-order valence-electron chi connectivity index (χ2n) is 10.7. The van der Waals surface area contributed by atoms with Crippen molar-refractivity contribution in [2.24, 2.45) is 7.05 Å². The molecule has 0 amide bonds. The van der Waals surface area contributed by atoms with E-state index >= 15 is 0 Å². The standard InChI is InChI=1S/C29H35N7O/c1-19-7-8-22(29(2,3)4)16-23(19)32-27-25-26(31-18-35(25)5)33-28(34-27)36-14-11-21(24(17-36)37-6)15-20-9-12-30-13-10-20/h7-10,12-13,15-16,18,24H,11,14,17H2,1-6H3,(H,32,33,34)/b21-15+. The number of aryl methyl sites for hydroxylation is 2. The van der Waals surface area contributed by atoms with Gasteiger partial charge in [-0.1, -0.05) is 39.0 Å². The summed E-state index contributed by atoms with van der Waals surface area (Å²) in [6.45, 7) is 10.3. The number of nitrogens with zero attached hydrogens (tertiary/aromatic N) is 6. The molecule has 8 heteroatoms. The maximum Gasteiger partial charge on any atom is 0.229 e. The zero-order chi connectivity index (χ0) is 26.2. The van der Waals surface area contributed by atoms with Gasteiger partial charge < -0.3 is 19.5 Å². The summed E-state index contributed by atoms with van der Waals surface area (Å²) < 4.78 is 7.86. The average molecular weight is 498 g/mol. The molecule has 4 aromatic rings. The van der Waals surface area contributed by atoms with E-state index in [0.717, 1.165) is 41.1 Å². The van der Waals surface area contributed by atoms with Gasteiger partial charge in [-0.15, -0.1) is 0 Å². The van der Waals surface area contributed by atoms with E-state index in [2.05, 4.69) is 72.2 Å². The van der Waals surface area contributed by atoms with E-state index in [-0.39, 0.29) is 11.5 Å². The van der Waals surface area contributed by atoms with Gasteiger partial charge in [0.15, 0.2) is 11.5 Å². The van der Waals surface area contributed by atoms with Crippen LogP contribution in [0.4, 0.5) is 17.5 Å². The minimum Gasteiger partial charge on any atom is -0.375 e. The lowest BCUT2D eigenvalue weighted by Gasteiger charge is -2.34. The van der Waals surface area contributed by atoms with Crippen LogP contribution in [-0.4, -0.2) is 50.8 Å². The molecule has 0 saturated carbocycles. The third-order valence-electron chi connectivity index (χ3n) is 7.01. The monoisotopic (exact) mass is 497 g/mol. The first-order valence-corrected chi connectivity index (χ1v) is 12.7. The number of hydrogen-bond donors (Lipinski definition) is 1. The first-order valence-electron chi connectivity index (χ1n) is 12.7. The Bertz CT molecular complexity index is 1440. The van der Waals surface area contributed by atoms with Crippen LogP contribution >= 0.6 is 0 Å². The Hall–Kier alpha value is -3.78. The lowest BCUT2D eigenvalue weighted by Crippen LogP contribution is -2.41. The number of nitrogens with one attached hydrogen (secondary N) is 1. The van der Waals surface area contributed by atoms with Gasteiger partial charge in [-0.05, 0) is 59.2 Å². The molecular formula is C29H35N7O. The predicted molar refractivity (Wildman–Crippen MR) is 149 cm³/mol. The summed E-state index contributed by atoms with van der Waals surface area (Å²) in [5, 5.41) is 3.61. The summed E-state index contributed by atoms with van der Waals surface area (Å²) in [4.78, 5) is 20.7. The van der Waals surface area contributed by atoms with E-state index < -0.39 is 0 Å². The number of imidazole rings is 1. The summed E-state index contributed by atoms with van der Waals surface area (Å²) in [5.74, 6) is 1.41. The number of rotatable bonds is 5. The summed E-state index contributed by atoms with van der Waals surface area (Å²) >= 11 is 0. The van der Waals surface area contributed by atoms with E-state index in [4.69, 9.17) is 14.7 Å². The number of methoxy groups -OCH3 is 1. The molecular weight excluding hydrogens is 462 g/mol. The van der Waals surface area contributed by atoms with Crippen LogP contribution < -0.4 is 10.2 Å². The molecule has 4 heterocycles. The molecule has 8 nitrogen and oxygen atoms in total. The molecule has 0 aliphatic carbocycles. The molecule has 1 aliphatic heterocycles. The van der Waals surface area contributed by atoms with Gasteiger partial charge in [0.1, 0.15) is 5.52 Å². The van der Waals surface area contributed by atoms with Crippen molar-refractivity contribution in [1.29, 1.82) is 0 Å². The molecule has 1 fully saturated rings. The highest BCUT2D eigenvalue weighted by atomic mass is 16.5. The van der Waals surface area contributed by atoms with Gasteiger partial charge in [-0.2, -0.15) is 9.97 Å². The molecule has 1 aliphatic rings. The van der Waals surface area contributed by atoms with Crippen LogP contribution in [0.5, 0.6) is 0 Å². The lowest BCUT2D eigenvalue weighted by molar-refractivity contribution is 0.127. The van der Waals surface area contributed by atoms with E-state index in [9.17, 15) is 0 Å². The smallest absolute Gasteiger partial charge is 0.229 e. The third kappa shape index (κ3) is 5.20. The predicted octanol–water partition coefficient (Wildman–Crippen LogP) is 5.42. The number of pyridine rings is 1. The lowest BCUT2D eigenvalue weighted by atomic mass is 9.86. The molecule has 5 rings (SSSR count). The molecule has 1 N–H and O–H groups in total. The minimum atomic E-state index is -0.0490. The molecule has 1 saturated heterocycles. The number of aromatic nitrogens is 5. The topological polar surface area (TPSA) is 81.0 Å². The molecule has 192 valence electrons. The van der Waals surface area contributed by atoms with Crippen LogP contribution in [-0.2, 0) is 17.2 Å². The van der Waals surface area contributed by atoms with Crippen LogP contribution in [0.2, 0.25) is 0 Å². The summed E-state index contributed by atoms with van der Waals surface area (Å²) in [5.41, 5.74) is 7.45. The van der Waals surface area contributed by atoms with Crippen molar-refractivity contribution < 1.29 is 4.74 Å². The van der Waals surface area contributed by atoms with Gasteiger partial charge in [-0.25, -0.2) is 4.98 Å². The molecule has 1 aromatic carbocycles. The zero-order valence-electron chi connectivity index (χ0n) is 22.5. The largest absolute Gasteiger partial charge is 0.375 e. The van der Waals surface area contributed by atoms with Crippen LogP contribution in [0.25, 0.3) is 17.2 Å². The fourth-order valence-corrected chi connectivity index (χ4v) is 4.70. The van der Waals surface area contributed by atoms with Gasteiger partial charge in [0.05, 0.1) is 19.0 Å². The first kappa shape index (κ1) is 24.9. The third-order valence-corrected chi connectivity index (χ3v) is 7.01. The van der Waals surface area contributed by atoms with Crippen LogP contribution in [0.3, 0.4) is 0 Å². The number of hydrogen-bond acceptors (Lipinski definition) is 7. The molecule has 1 unspecified atom stereocenters. The van der Waals surface area contributed by atoms with E-state index in [0.29, 0.717) is 18.1 Å². The second kappa shape index (κ2) is 9.94. The first-order chi connectivity index (χ1) is 17.7. The fourth-order valence-electron chi connectivity index (χ4n) is 4.70. The molecule has 37 heavy (non-hydrogen) atoms. The molecule has 0 bridgehead atoms. The van der Waals surface area contributed by atoms with Crippen molar-refractivity contribution in [2.45, 2.75) is 45.6 Å². The Labute approximate surface area is 218 Å². The Morgan fingerprint density at radius 2 is 1.89 bits per heavy atom. The number of ether oxygens (including phenoxy) is 1. The van der Waals surface area contributed by atoms with Crippen molar-refractivity contribution in [1.82, 2.24) is 24.5 Å². The Kier molecular flexibility index (Phi) is 6.69. The van der Waals surface area contributed by atoms with Crippen LogP contribution in [0.15, 0.2) is 54.6 Å². The molecule has 3 aromatic heterocycles. The van der Waals surface area contributed by atoms with Gasteiger partial charge >= 0.3 is 0 Å². The van der Waals surface area contributed by atoms with Crippen molar-refractivity contribution in [3.8, 4) is 0 Å². The van der Waals surface area contributed by atoms with Crippen LogP contribution in [0, 0.1) is 6.92 Å². The van der Waals surface area contributed by atoms with Crippen molar-refractivity contribution >= 4 is 34.7 Å².